The van der Waals surface area contributed by atoms with E-state index in [1.807, 2.05) is 23.1 Å². The molecule has 0 atom stereocenters. The highest BCUT2D eigenvalue weighted by molar-refractivity contribution is 6.32. The first-order valence-electron chi connectivity index (χ1n) is 7.07. The largest absolute Gasteiger partial charge is 0.495 e. The van der Waals surface area contributed by atoms with E-state index in [0.29, 0.717) is 16.8 Å². The molecule has 0 unspecified atom stereocenters. The smallest absolute Gasteiger partial charge is 0.319 e. The SMILES string of the molecule is COc1cc(NC2CCN(C(=O)N(C)C)CC2)ccc1Cl. The Morgan fingerprint density at radius 3 is 2.62 bits per heavy atom. The predicted octanol–water partition coefficient (Wildman–Crippen LogP) is 2.91. The maximum atomic E-state index is 11.9. The van der Waals surface area contributed by atoms with Crippen molar-refractivity contribution in [2.45, 2.75) is 18.9 Å². The molecule has 1 saturated heterocycles. The van der Waals surface area contributed by atoms with Gasteiger partial charge >= 0.3 is 6.03 Å². The van der Waals surface area contributed by atoms with Gasteiger partial charge in [-0.3, -0.25) is 0 Å². The van der Waals surface area contributed by atoms with E-state index in [4.69, 9.17) is 16.3 Å². The van der Waals surface area contributed by atoms with Gasteiger partial charge in [-0.15, -0.1) is 0 Å². The van der Waals surface area contributed by atoms with Gasteiger partial charge in [0.2, 0.25) is 0 Å². The van der Waals surface area contributed by atoms with E-state index >= 15 is 0 Å². The maximum Gasteiger partial charge on any atom is 0.319 e. The summed E-state index contributed by atoms with van der Waals surface area (Å²) < 4.78 is 5.22. The molecule has 1 fully saturated rings. The molecule has 1 aromatic carbocycles. The molecule has 1 aliphatic rings. The van der Waals surface area contributed by atoms with Crippen molar-refractivity contribution in [1.29, 1.82) is 0 Å². The number of benzene rings is 1. The van der Waals surface area contributed by atoms with Crippen molar-refractivity contribution in [3.05, 3.63) is 23.2 Å². The lowest BCUT2D eigenvalue weighted by Gasteiger charge is -2.34. The number of halogens is 1. The van der Waals surface area contributed by atoms with Gasteiger partial charge in [0.1, 0.15) is 5.75 Å². The summed E-state index contributed by atoms with van der Waals surface area (Å²) in [6.07, 6.45) is 1.87. The summed E-state index contributed by atoms with van der Waals surface area (Å²) in [6.45, 7) is 1.55. The molecule has 0 aromatic heterocycles. The number of hydrogen-bond acceptors (Lipinski definition) is 3. The molecular weight excluding hydrogens is 290 g/mol. The van der Waals surface area contributed by atoms with Crippen LogP contribution >= 0.6 is 11.6 Å². The normalized spacial score (nSPS) is 15.7. The number of nitrogens with zero attached hydrogens (tertiary/aromatic N) is 2. The van der Waals surface area contributed by atoms with Gasteiger partial charge in [-0.05, 0) is 25.0 Å². The van der Waals surface area contributed by atoms with Gasteiger partial charge in [-0.2, -0.15) is 0 Å². The van der Waals surface area contributed by atoms with Crippen LogP contribution in [-0.2, 0) is 0 Å². The van der Waals surface area contributed by atoms with Crippen LogP contribution in [0.25, 0.3) is 0 Å². The second-order valence-electron chi connectivity index (χ2n) is 5.43. The van der Waals surface area contributed by atoms with E-state index in [2.05, 4.69) is 5.32 Å². The first-order chi connectivity index (χ1) is 10.0. The van der Waals surface area contributed by atoms with Crippen LogP contribution in [-0.4, -0.2) is 56.2 Å². The molecule has 1 aromatic rings. The highest BCUT2D eigenvalue weighted by Gasteiger charge is 2.23. The summed E-state index contributed by atoms with van der Waals surface area (Å²) in [7, 11) is 5.18. The fraction of sp³-hybridized carbons (Fsp3) is 0.533. The van der Waals surface area contributed by atoms with Crippen LogP contribution in [0, 0.1) is 0 Å². The second-order valence-corrected chi connectivity index (χ2v) is 5.84. The molecule has 0 aliphatic carbocycles. The number of ether oxygens (including phenoxy) is 1. The van der Waals surface area contributed by atoms with Crippen molar-refractivity contribution < 1.29 is 9.53 Å². The molecule has 21 heavy (non-hydrogen) atoms. The van der Waals surface area contributed by atoms with Crippen LogP contribution in [0.3, 0.4) is 0 Å². The Balaban J connectivity index is 1.90. The third-order valence-electron chi connectivity index (χ3n) is 3.67. The van der Waals surface area contributed by atoms with Crippen LogP contribution in [0.15, 0.2) is 18.2 Å². The number of anilines is 1. The number of hydrogen-bond donors (Lipinski definition) is 1. The highest BCUT2D eigenvalue weighted by Crippen LogP contribution is 2.28. The quantitative estimate of drug-likeness (QED) is 0.933. The van der Waals surface area contributed by atoms with E-state index in [0.717, 1.165) is 31.6 Å². The number of nitrogens with one attached hydrogen (secondary N) is 1. The number of rotatable bonds is 3. The van der Waals surface area contributed by atoms with E-state index in [1.165, 1.54) is 0 Å². The van der Waals surface area contributed by atoms with Gasteiger partial charge in [-0.1, -0.05) is 11.6 Å². The Morgan fingerprint density at radius 2 is 2.05 bits per heavy atom. The summed E-state index contributed by atoms with van der Waals surface area (Å²) in [5, 5.41) is 4.09. The van der Waals surface area contributed by atoms with Crippen LogP contribution in [0.2, 0.25) is 5.02 Å². The Hall–Kier alpha value is -1.62. The third kappa shape index (κ3) is 3.94. The molecule has 1 N–H and O–H groups in total. The molecule has 0 spiro atoms. The van der Waals surface area contributed by atoms with Gasteiger partial charge in [0.25, 0.3) is 0 Å². The molecule has 1 heterocycles. The van der Waals surface area contributed by atoms with Crippen LogP contribution in [0.1, 0.15) is 12.8 Å². The van der Waals surface area contributed by atoms with Gasteiger partial charge in [0.15, 0.2) is 0 Å². The van der Waals surface area contributed by atoms with Gasteiger partial charge in [-0.25, -0.2) is 4.79 Å². The Labute approximate surface area is 130 Å². The minimum absolute atomic E-state index is 0.0848. The second kappa shape index (κ2) is 6.89. The number of piperidine rings is 1. The number of amides is 2. The molecule has 116 valence electrons. The third-order valence-corrected chi connectivity index (χ3v) is 3.98. The summed E-state index contributed by atoms with van der Waals surface area (Å²) in [5.41, 5.74) is 0.994. The molecule has 5 nitrogen and oxygen atoms in total. The number of methoxy groups -OCH3 is 1. The lowest BCUT2D eigenvalue weighted by atomic mass is 10.0. The zero-order chi connectivity index (χ0) is 15.4. The molecule has 1 aliphatic heterocycles. The topological polar surface area (TPSA) is 44.8 Å². The van der Waals surface area contributed by atoms with Crippen LogP contribution < -0.4 is 10.1 Å². The molecule has 0 saturated carbocycles. The van der Waals surface area contributed by atoms with Crippen molar-refractivity contribution >= 4 is 23.3 Å². The fourth-order valence-electron chi connectivity index (χ4n) is 2.48. The zero-order valence-corrected chi connectivity index (χ0v) is 13.5. The molecule has 2 rings (SSSR count). The van der Waals surface area contributed by atoms with E-state index in [1.54, 1.807) is 26.1 Å². The molecular formula is C15H22ClN3O2. The lowest BCUT2D eigenvalue weighted by Crippen LogP contribution is -2.46. The van der Waals surface area contributed by atoms with Crippen molar-refractivity contribution in [1.82, 2.24) is 9.80 Å². The maximum absolute atomic E-state index is 11.9. The van der Waals surface area contributed by atoms with E-state index < -0.39 is 0 Å². The standard InChI is InChI=1S/C15H22ClN3O2/c1-18(2)15(20)19-8-6-11(7-9-19)17-12-4-5-13(16)14(10-12)21-3/h4-5,10-11,17H,6-9H2,1-3H3. The summed E-state index contributed by atoms with van der Waals surface area (Å²) in [4.78, 5) is 15.4. The minimum atomic E-state index is 0.0848. The number of carbonyl (C=O) groups excluding carboxylic acids is 1. The minimum Gasteiger partial charge on any atom is -0.495 e. The van der Waals surface area contributed by atoms with Crippen molar-refractivity contribution in [2.24, 2.45) is 0 Å². The van der Waals surface area contributed by atoms with Crippen LogP contribution in [0.4, 0.5) is 10.5 Å². The number of carbonyl (C=O) groups is 1. The Bertz CT molecular complexity index is 500. The summed E-state index contributed by atoms with van der Waals surface area (Å²) >= 11 is 6.02. The number of urea groups is 1. The van der Waals surface area contributed by atoms with Crippen molar-refractivity contribution in [2.75, 3.05) is 39.6 Å². The summed E-state index contributed by atoms with van der Waals surface area (Å²) in [6, 6.07) is 6.12. The number of likely N-dealkylation sites (tertiary alicyclic amines) is 1. The van der Waals surface area contributed by atoms with Crippen LogP contribution in [0.5, 0.6) is 5.75 Å². The van der Waals surface area contributed by atoms with Gasteiger partial charge in [0, 0.05) is 45.0 Å². The van der Waals surface area contributed by atoms with Crippen molar-refractivity contribution in [3.63, 3.8) is 0 Å². The zero-order valence-electron chi connectivity index (χ0n) is 12.7. The molecule has 0 radical (unpaired) electrons. The molecule has 2 amide bonds. The molecule has 0 bridgehead atoms. The fourth-order valence-corrected chi connectivity index (χ4v) is 2.68. The predicted molar refractivity (Wildman–Crippen MR) is 85.3 cm³/mol. The average molecular weight is 312 g/mol. The summed E-state index contributed by atoms with van der Waals surface area (Å²) in [5.74, 6) is 0.668. The monoisotopic (exact) mass is 311 g/mol. The van der Waals surface area contributed by atoms with Gasteiger partial charge < -0.3 is 19.9 Å². The molecule has 6 heteroatoms. The Kier molecular flexibility index (Phi) is 5.17. The first-order valence-corrected chi connectivity index (χ1v) is 7.45. The van der Waals surface area contributed by atoms with Crippen molar-refractivity contribution in [3.8, 4) is 5.75 Å². The van der Waals surface area contributed by atoms with E-state index in [-0.39, 0.29) is 6.03 Å². The Morgan fingerprint density at radius 1 is 1.38 bits per heavy atom. The lowest BCUT2D eigenvalue weighted by molar-refractivity contribution is 0.158. The highest BCUT2D eigenvalue weighted by atomic mass is 35.5. The van der Waals surface area contributed by atoms with E-state index in [9.17, 15) is 4.79 Å². The van der Waals surface area contributed by atoms with Gasteiger partial charge in [0.05, 0.1) is 12.1 Å². The first kappa shape index (κ1) is 15.8. The average Bonchev–Trinajstić information content (AvgIpc) is 2.49.